The van der Waals surface area contributed by atoms with Crippen LogP contribution in [-0.4, -0.2) is 50.1 Å². The van der Waals surface area contributed by atoms with Crippen LogP contribution >= 0.6 is 11.3 Å². The van der Waals surface area contributed by atoms with Gasteiger partial charge in [0.1, 0.15) is 5.01 Å². The fraction of sp³-hybridized carbons (Fsp3) is 0.348. The predicted octanol–water partition coefficient (Wildman–Crippen LogP) is 3.56. The number of ketones is 1. The number of Topliss-reactive ketones (excluding diaryl/α,β-unsaturated/α-hetero) is 1. The van der Waals surface area contributed by atoms with Crippen molar-refractivity contribution in [2.24, 2.45) is 0 Å². The van der Waals surface area contributed by atoms with Crippen LogP contribution in [0.25, 0.3) is 16.4 Å². The maximum Gasteiger partial charge on any atom is 0.178 e. The number of aliphatic hydroxyl groups excluding tert-OH is 1. The van der Waals surface area contributed by atoms with E-state index in [9.17, 15) is 9.90 Å². The van der Waals surface area contributed by atoms with Crippen LogP contribution in [0.4, 0.5) is 0 Å². The van der Waals surface area contributed by atoms with Gasteiger partial charge < -0.3 is 9.67 Å². The van der Waals surface area contributed by atoms with Gasteiger partial charge in [-0.3, -0.25) is 9.69 Å². The first-order valence-electron chi connectivity index (χ1n) is 10.2. The Bertz CT molecular complexity index is 1130. The average molecular weight is 419 g/mol. The minimum absolute atomic E-state index is 0.0729. The Labute approximate surface area is 179 Å². The molecule has 2 bridgehead atoms. The molecule has 3 aromatic rings. The predicted molar refractivity (Wildman–Crippen MR) is 115 cm³/mol. The lowest BCUT2D eigenvalue weighted by atomic mass is 9.98. The van der Waals surface area contributed by atoms with E-state index in [2.05, 4.69) is 16.0 Å². The minimum atomic E-state index is -0.313. The second kappa shape index (κ2) is 7.47. The van der Waals surface area contributed by atoms with Crippen molar-refractivity contribution in [2.75, 3.05) is 6.54 Å². The van der Waals surface area contributed by atoms with Gasteiger partial charge in [0.25, 0.3) is 0 Å². The summed E-state index contributed by atoms with van der Waals surface area (Å²) in [5.41, 5.74) is 3.92. The summed E-state index contributed by atoms with van der Waals surface area (Å²) in [6, 6.07) is 11.9. The zero-order valence-corrected chi connectivity index (χ0v) is 17.5. The van der Waals surface area contributed by atoms with Crippen molar-refractivity contribution < 1.29 is 9.90 Å². The van der Waals surface area contributed by atoms with E-state index >= 15 is 0 Å². The lowest BCUT2D eigenvalue weighted by molar-refractivity contribution is 0.0873. The number of hydrogen-bond acceptors (Lipinski definition) is 6. The molecule has 2 aliphatic rings. The van der Waals surface area contributed by atoms with Gasteiger partial charge in [-0.1, -0.05) is 0 Å². The van der Waals surface area contributed by atoms with E-state index in [4.69, 9.17) is 5.26 Å². The van der Waals surface area contributed by atoms with Crippen molar-refractivity contribution in [1.82, 2.24) is 14.5 Å². The number of benzene rings is 1. The number of carbonyl (C=O) groups excluding carboxylic acids is 1. The Hall–Kier alpha value is -2.79. The highest BCUT2D eigenvalue weighted by Gasteiger charge is 2.46. The number of carbonyl (C=O) groups is 1. The quantitative estimate of drug-likeness (QED) is 0.641. The first-order chi connectivity index (χ1) is 14.6. The van der Waals surface area contributed by atoms with Gasteiger partial charge in [-0.15, -0.1) is 11.3 Å². The molecule has 2 aromatic heterocycles. The Morgan fingerprint density at radius 1 is 1.33 bits per heavy atom. The number of rotatable bonds is 5. The molecule has 0 amide bonds. The van der Waals surface area contributed by atoms with Crippen LogP contribution in [-0.2, 0) is 0 Å². The molecule has 5 rings (SSSR count). The van der Waals surface area contributed by atoms with Crippen LogP contribution in [0.1, 0.15) is 40.9 Å². The molecule has 1 N–H and O–H groups in total. The summed E-state index contributed by atoms with van der Waals surface area (Å²) < 4.78 is 2.04. The fourth-order valence-electron chi connectivity index (χ4n) is 4.98. The van der Waals surface area contributed by atoms with Gasteiger partial charge in [-0.05, 0) is 56.5 Å². The third kappa shape index (κ3) is 3.08. The van der Waals surface area contributed by atoms with Crippen LogP contribution in [0.2, 0.25) is 0 Å². The van der Waals surface area contributed by atoms with Gasteiger partial charge in [0, 0.05) is 40.6 Å². The molecular formula is C23H22N4O2S. The lowest BCUT2D eigenvalue weighted by Gasteiger charge is -2.21. The topological polar surface area (TPSA) is 82.2 Å². The summed E-state index contributed by atoms with van der Waals surface area (Å²) in [6.45, 7) is 2.29. The Balaban J connectivity index is 1.53. The summed E-state index contributed by atoms with van der Waals surface area (Å²) in [7, 11) is 0. The summed E-state index contributed by atoms with van der Waals surface area (Å²) in [6.07, 6.45) is 4.25. The van der Waals surface area contributed by atoms with E-state index in [1.54, 1.807) is 18.3 Å². The summed E-state index contributed by atoms with van der Waals surface area (Å²) in [4.78, 5) is 20.0. The number of nitriles is 1. The van der Waals surface area contributed by atoms with Crippen LogP contribution in [0.3, 0.4) is 0 Å². The maximum absolute atomic E-state index is 13.3. The third-order valence-electron chi connectivity index (χ3n) is 6.43. The average Bonchev–Trinajstić information content (AvgIpc) is 3.52. The van der Waals surface area contributed by atoms with Crippen LogP contribution < -0.4 is 0 Å². The van der Waals surface area contributed by atoms with Crippen molar-refractivity contribution in [2.45, 2.75) is 44.4 Å². The Kier molecular flexibility index (Phi) is 4.78. The van der Waals surface area contributed by atoms with Crippen LogP contribution in [0, 0.1) is 18.3 Å². The number of aliphatic hydroxyl groups is 1. The molecule has 0 aliphatic carbocycles. The van der Waals surface area contributed by atoms with Gasteiger partial charge in [-0.2, -0.15) is 5.26 Å². The Morgan fingerprint density at radius 2 is 2.13 bits per heavy atom. The first kappa shape index (κ1) is 19.2. The van der Waals surface area contributed by atoms with Gasteiger partial charge in [0.15, 0.2) is 5.78 Å². The van der Waals surface area contributed by atoms with E-state index in [0.717, 1.165) is 41.3 Å². The van der Waals surface area contributed by atoms with E-state index in [1.807, 2.05) is 35.1 Å². The molecule has 7 heteroatoms. The molecule has 0 unspecified atom stereocenters. The molecular weight excluding hydrogens is 396 g/mol. The van der Waals surface area contributed by atoms with Gasteiger partial charge in [0.2, 0.25) is 0 Å². The van der Waals surface area contributed by atoms with E-state index in [1.165, 1.54) is 11.3 Å². The maximum atomic E-state index is 13.3. The number of thiazole rings is 1. The molecule has 1 aromatic carbocycles. The Morgan fingerprint density at radius 3 is 2.73 bits per heavy atom. The molecule has 30 heavy (non-hydrogen) atoms. The van der Waals surface area contributed by atoms with Crippen molar-refractivity contribution in [3.8, 4) is 22.5 Å². The molecule has 2 aliphatic heterocycles. The lowest BCUT2D eigenvalue weighted by Crippen LogP contribution is -2.36. The van der Waals surface area contributed by atoms with E-state index in [0.29, 0.717) is 23.7 Å². The van der Waals surface area contributed by atoms with Crippen LogP contribution in [0.15, 0.2) is 41.9 Å². The van der Waals surface area contributed by atoms with Gasteiger partial charge in [-0.25, -0.2) is 4.98 Å². The van der Waals surface area contributed by atoms with Gasteiger partial charge >= 0.3 is 0 Å². The van der Waals surface area contributed by atoms with E-state index < -0.39 is 0 Å². The minimum Gasteiger partial charge on any atom is -0.391 e. The highest BCUT2D eigenvalue weighted by molar-refractivity contribution is 7.13. The van der Waals surface area contributed by atoms with Crippen molar-refractivity contribution in [3.63, 3.8) is 0 Å². The van der Waals surface area contributed by atoms with Crippen molar-refractivity contribution >= 4 is 17.1 Å². The molecule has 3 atom stereocenters. The highest BCUT2D eigenvalue weighted by atomic mass is 32.1. The van der Waals surface area contributed by atoms with Gasteiger partial charge in [0.05, 0.1) is 30.0 Å². The second-order valence-electron chi connectivity index (χ2n) is 8.06. The number of aromatic nitrogens is 2. The molecule has 6 nitrogen and oxygen atoms in total. The smallest absolute Gasteiger partial charge is 0.178 e. The molecule has 152 valence electrons. The van der Waals surface area contributed by atoms with Crippen molar-refractivity contribution in [1.29, 1.82) is 5.26 Å². The molecule has 0 radical (unpaired) electrons. The molecule has 4 heterocycles. The first-order valence-corrected chi connectivity index (χ1v) is 11.0. The SMILES string of the molecule is Cc1c(C(=O)CN2[C@H]3CC[C@@H]2[C@H](O)C3)cc(-c2nccs2)n1-c1ccc(C#N)cc1. The van der Waals surface area contributed by atoms with Crippen molar-refractivity contribution in [3.05, 3.63) is 58.7 Å². The summed E-state index contributed by atoms with van der Waals surface area (Å²) in [5, 5.41) is 22.1. The summed E-state index contributed by atoms with van der Waals surface area (Å²) in [5.74, 6) is 0.0729. The largest absolute Gasteiger partial charge is 0.391 e. The van der Waals surface area contributed by atoms with E-state index in [-0.39, 0.29) is 17.9 Å². The fourth-order valence-corrected chi connectivity index (χ4v) is 5.62. The number of hydrogen-bond donors (Lipinski definition) is 1. The second-order valence-corrected chi connectivity index (χ2v) is 8.95. The highest BCUT2D eigenvalue weighted by Crippen LogP contribution is 2.38. The normalized spacial score (nSPS) is 23.0. The zero-order chi connectivity index (χ0) is 20.8. The zero-order valence-electron chi connectivity index (χ0n) is 16.7. The molecule has 2 saturated heterocycles. The monoisotopic (exact) mass is 418 g/mol. The number of nitrogens with zero attached hydrogens (tertiary/aromatic N) is 4. The standard InChI is InChI=1S/C23H22N4O2S/c1-14-18(22(29)13-26-17-6-7-19(26)21(28)10-17)11-20(23-25-8-9-30-23)27(14)16-4-2-15(12-24)3-5-16/h2-5,8-9,11,17,19,21,28H,6-7,10,13H2,1H3/t17-,19+,21+/m0/s1. The summed E-state index contributed by atoms with van der Waals surface area (Å²) >= 11 is 1.53. The third-order valence-corrected chi connectivity index (χ3v) is 7.22. The molecule has 0 spiro atoms. The molecule has 2 fully saturated rings. The number of fused-ring (bicyclic) bond motifs is 2. The van der Waals surface area contributed by atoms with Crippen LogP contribution in [0.5, 0.6) is 0 Å². The molecule has 0 saturated carbocycles.